The predicted octanol–water partition coefficient (Wildman–Crippen LogP) is 0.0740. The van der Waals surface area contributed by atoms with Crippen molar-refractivity contribution >= 4 is 5.97 Å². The molecule has 1 saturated heterocycles. The average molecular weight is 217 g/mol. The van der Waals surface area contributed by atoms with E-state index >= 15 is 0 Å². The van der Waals surface area contributed by atoms with Crippen LogP contribution in [-0.4, -0.2) is 45.0 Å². The fourth-order valence-electron chi connectivity index (χ4n) is 1.41. The number of carbonyl (C=O) groups excluding carboxylic acids is 1. The number of hydrogen-bond acceptors (Lipinski definition) is 5. The third kappa shape index (κ3) is 5.71. The standard InChI is InChI=1S/C10H19NO4/c11-4-6-13-8-10(12)15-7-9-3-1-2-5-14-9/h9H,1-8,11H2. The van der Waals surface area contributed by atoms with Crippen LogP contribution in [0.5, 0.6) is 0 Å². The summed E-state index contributed by atoms with van der Waals surface area (Å²) in [5.74, 6) is -0.349. The van der Waals surface area contributed by atoms with Crippen molar-refractivity contribution in [3.05, 3.63) is 0 Å². The molecule has 1 aliphatic heterocycles. The van der Waals surface area contributed by atoms with Gasteiger partial charge < -0.3 is 19.9 Å². The van der Waals surface area contributed by atoms with E-state index in [2.05, 4.69) is 0 Å². The maximum Gasteiger partial charge on any atom is 0.332 e. The van der Waals surface area contributed by atoms with Crippen molar-refractivity contribution in [2.24, 2.45) is 5.73 Å². The second kappa shape index (κ2) is 7.62. The van der Waals surface area contributed by atoms with Crippen LogP contribution < -0.4 is 5.73 Å². The molecule has 0 radical (unpaired) electrons. The van der Waals surface area contributed by atoms with Gasteiger partial charge in [-0.05, 0) is 19.3 Å². The van der Waals surface area contributed by atoms with Crippen LogP contribution >= 0.6 is 0 Å². The van der Waals surface area contributed by atoms with Gasteiger partial charge in [0, 0.05) is 13.2 Å². The van der Waals surface area contributed by atoms with Crippen LogP contribution in [0, 0.1) is 0 Å². The SMILES string of the molecule is NCCOCC(=O)OCC1CCCCO1. The summed E-state index contributed by atoms with van der Waals surface area (Å²) in [5, 5.41) is 0. The summed E-state index contributed by atoms with van der Waals surface area (Å²) in [6, 6.07) is 0. The van der Waals surface area contributed by atoms with Crippen LogP contribution in [0.2, 0.25) is 0 Å². The van der Waals surface area contributed by atoms with Gasteiger partial charge in [0.25, 0.3) is 0 Å². The van der Waals surface area contributed by atoms with Crippen molar-refractivity contribution in [1.82, 2.24) is 0 Å². The van der Waals surface area contributed by atoms with Crippen molar-refractivity contribution in [2.75, 3.05) is 33.0 Å². The Kier molecular flexibility index (Phi) is 6.31. The monoisotopic (exact) mass is 217 g/mol. The zero-order valence-electron chi connectivity index (χ0n) is 8.94. The van der Waals surface area contributed by atoms with E-state index in [1.54, 1.807) is 0 Å². The van der Waals surface area contributed by atoms with E-state index in [1.807, 2.05) is 0 Å². The lowest BCUT2D eigenvalue weighted by Crippen LogP contribution is -2.27. The molecule has 1 atom stereocenters. The summed E-state index contributed by atoms with van der Waals surface area (Å²) in [5.41, 5.74) is 5.21. The zero-order valence-corrected chi connectivity index (χ0v) is 8.94. The summed E-state index contributed by atoms with van der Waals surface area (Å²) in [6.07, 6.45) is 3.28. The largest absolute Gasteiger partial charge is 0.461 e. The molecule has 15 heavy (non-hydrogen) atoms. The zero-order chi connectivity index (χ0) is 10.9. The van der Waals surface area contributed by atoms with Gasteiger partial charge in [0.2, 0.25) is 0 Å². The molecule has 1 rings (SSSR count). The van der Waals surface area contributed by atoms with E-state index in [4.69, 9.17) is 19.9 Å². The smallest absolute Gasteiger partial charge is 0.332 e. The van der Waals surface area contributed by atoms with Crippen LogP contribution in [0.25, 0.3) is 0 Å². The first-order chi connectivity index (χ1) is 7.33. The van der Waals surface area contributed by atoms with Crippen molar-refractivity contribution in [2.45, 2.75) is 25.4 Å². The molecule has 0 aromatic rings. The van der Waals surface area contributed by atoms with Gasteiger partial charge in [0.1, 0.15) is 13.2 Å². The molecule has 5 heteroatoms. The number of nitrogens with two attached hydrogens (primary N) is 1. The lowest BCUT2D eigenvalue weighted by atomic mass is 10.1. The van der Waals surface area contributed by atoms with Crippen molar-refractivity contribution in [3.63, 3.8) is 0 Å². The molecule has 1 fully saturated rings. The van der Waals surface area contributed by atoms with Crippen molar-refractivity contribution in [1.29, 1.82) is 0 Å². The average Bonchev–Trinajstić information content (AvgIpc) is 2.28. The highest BCUT2D eigenvalue weighted by atomic mass is 16.6. The third-order valence-corrected chi connectivity index (χ3v) is 2.19. The quantitative estimate of drug-likeness (QED) is 0.503. The van der Waals surface area contributed by atoms with E-state index in [0.29, 0.717) is 19.8 Å². The summed E-state index contributed by atoms with van der Waals surface area (Å²) >= 11 is 0. The number of ether oxygens (including phenoxy) is 3. The third-order valence-electron chi connectivity index (χ3n) is 2.19. The van der Waals surface area contributed by atoms with Gasteiger partial charge in [-0.25, -0.2) is 4.79 Å². The highest BCUT2D eigenvalue weighted by Crippen LogP contribution is 2.12. The second-order valence-electron chi connectivity index (χ2n) is 3.51. The molecule has 88 valence electrons. The molecule has 0 bridgehead atoms. The summed E-state index contributed by atoms with van der Waals surface area (Å²) in [7, 11) is 0. The minimum atomic E-state index is -0.349. The lowest BCUT2D eigenvalue weighted by Gasteiger charge is -2.21. The van der Waals surface area contributed by atoms with E-state index in [0.717, 1.165) is 25.9 Å². The number of esters is 1. The topological polar surface area (TPSA) is 70.8 Å². The molecular weight excluding hydrogens is 198 g/mol. The van der Waals surface area contributed by atoms with Gasteiger partial charge in [-0.3, -0.25) is 0 Å². The van der Waals surface area contributed by atoms with Crippen LogP contribution in [0.4, 0.5) is 0 Å². The minimum absolute atomic E-state index is 0.0239. The first kappa shape index (κ1) is 12.4. The molecule has 0 amide bonds. The lowest BCUT2D eigenvalue weighted by molar-refractivity contribution is -0.154. The molecule has 5 nitrogen and oxygen atoms in total. The number of carbonyl (C=O) groups is 1. The Hall–Kier alpha value is -0.650. The summed E-state index contributed by atoms with van der Waals surface area (Å²) < 4.78 is 15.4. The number of hydrogen-bond donors (Lipinski definition) is 1. The molecule has 1 unspecified atom stereocenters. The molecular formula is C10H19NO4. The predicted molar refractivity (Wildman–Crippen MR) is 54.4 cm³/mol. The van der Waals surface area contributed by atoms with Crippen molar-refractivity contribution in [3.8, 4) is 0 Å². The van der Waals surface area contributed by atoms with Gasteiger partial charge in [0.15, 0.2) is 0 Å². The van der Waals surface area contributed by atoms with Gasteiger partial charge in [-0.1, -0.05) is 0 Å². The Morgan fingerprint density at radius 3 is 3.00 bits per heavy atom. The van der Waals surface area contributed by atoms with Crippen LogP contribution in [0.3, 0.4) is 0 Å². The Morgan fingerprint density at radius 1 is 1.47 bits per heavy atom. The molecule has 0 aromatic carbocycles. The highest BCUT2D eigenvalue weighted by Gasteiger charge is 2.15. The van der Waals surface area contributed by atoms with Gasteiger partial charge in [-0.15, -0.1) is 0 Å². The Morgan fingerprint density at radius 2 is 2.33 bits per heavy atom. The Labute approximate surface area is 89.9 Å². The van der Waals surface area contributed by atoms with Crippen LogP contribution in [0.1, 0.15) is 19.3 Å². The van der Waals surface area contributed by atoms with Crippen LogP contribution in [-0.2, 0) is 19.0 Å². The molecule has 1 heterocycles. The molecule has 2 N–H and O–H groups in total. The number of rotatable bonds is 6. The fourth-order valence-corrected chi connectivity index (χ4v) is 1.41. The minimum Gasteiger partial charge on any atom is -0.461 e. The van der Waals surface area contributed by atoms with Gasteiger partial charge in [0.05, 0.1) is 12.7 Å². The first-order valence-corrected chi connectivity index (χ1v) is 5.38. The Bertz CT molecular complexity index is 180. The summed E-state index contributed by atoms with van der Waals surface area (Å²) in [6.45, 7) is 1.88. The van der Waals surface area contributed by atoms with Gasteiger partial charge in [-0.2, -0.15) is 0 Å². The van der Waals surface area contributed by atoms with E-state index < -0.39 is 0 Å². The van der Waals surface area contributed by atoms with E-state index in [-0.39, 0.29) is 18.7 Å². The van der Waals surface area contributed by atoms with Crippen molar-refractivity contribution < 1.29 is 19.0 Å². The molecule has 0 aliphatic carbocycles. The van der Waals surface area contributed by atoms with E-state index in [1.165, 1.54) is 0 Å². The molecule has 1 aliphatic rings. The maximum absolute atomic E-state index is 11.1. The van der Waals surface area contributed by atoms with Gasteiger partial charge >= 0.3 is 5.97 Å². The summed E-state index contributed by atoms with van der Waals surface area (Å²) in [4.78, 5) is 11.1. The molecule has 0 spiro atoms. The fraction of sp³-hybridized carbons (Fsp3) is 0.900. The first-order valence-electron chi connectivity index (χ1n) is 5.38. The Balaban J connectivity index is 2.00. The maximum atomic E-state index is 11.1. The van der Waals surface area contributed by atoms with Crippen LogP contribution in [0.15, 0.2) is 0 Å². The molecule has 0 aromatic heterocycles. The highest BCUT2D eigenvalue weighted by molar-refractivity contribution is 5.70. The van der Waals surface area contributed by atoms with E-state index in [9.17, 15) is 4.79 Å². The molecule has 0 saturated carbocycles. The second-order valence-corrected chi connectivity index (χ2v) is 3.51. The normalized spacial score (nSPS) is 21.3.